The van der Waals surface area contributed by atoms with Crippen LogP contribution in [0.15, 0.2) is 12.3 Å². The van der Waals surface area contributed by atoms with Gasteiger partial charge in [-0.3, -0.25) is 9.59 Å². The van der Waals surface area contributed by atoms with Gasteiger partial charge in [-0.25, -0.2) is 0 Å². The Bertz CT molecular complexity index is 466. The number of carbonyl (C=O) groups is 2. The minimum absolute atomic E-state index is 0.0316. The van der Waals surface area contributed by atoms with Crippen molar-refractivity contribution in [3.8, 4) is 0 Å². The first-order valence-corrected chi connectivity index (χ1v) is 9.94. The van der Waals surface area contributed by atoms with Gasteiger partial charge in [0.1, 0.15) is 19.5 Å². The third-order valence-corrected chi connectivity index (χ3v) is 5.77. The highest BCUT2D eigenvalue weighted by atomic mass is 31.1. The fourth-order valence-electron chi connectivity index (χ4n) is 2.53. The average molecular weight is 326 g/mol. The lowest BCUT2D eigenvalue weighted by atomic mass is 9.85. The molecule has 1 aliphatic heterocycles. The highest BCUT2D eigenvalue weighted by Crippen LogP contribution is 2.34. The van der Waals surface area contributed by atoms with E-state index in [-0.39, 0.29) is 17.2 Å². The number of rotatable bonds is 8. The number of hydroxylamine groups is 2. The lowest BCUT2D eigenvalue weighted by Gasteiger charge is -2.21. The summed E-state index contributed by atoms with van der Waals surface area (Å²) in [7, 11) is -0.511. The fraction of sp³-hybridized carbons (Fsp3) is 0.706. The summed E-state index contributed by atoms with van der Waals surface area (Å²) < 4.78 is 0. The van der Waals surface area contributed by atoms with Crippen LogP contribution in [0.25, 0.3) is 0 Å². The Kier molecular flexibility index (Phi) is 6.96. The maximum absolute atomic E-state index is 12.1. The molecular formula is C17H29NO3P+. The number of amides is 1. The van der Waals surface area contributed by atoms with Crippen molar-refractivity contribution in [1.82, 2.24) is 5.06 Å². The predicted octanol–water partition coefficient (Wildman–Crippen LogP) is 3.96. The number of ketones is 1. The summed E-state index contributed by atoms with van der Waals surface area (Å²) in [6, 6.07) is 0. The Morgan fingerprint density at radius 2 is 2.14 bits per heavy atom. The molecule has 0 aliphatic carbocycles. The molecule has 22 heavy (non-hydrogen) atoms. The highest BCUT2D eigenvalue weighted by Gasteiger charge is 2.30. The summed E-state index contributed by atoms with van der Waals surface area (Å²) in [6.45, 7) is 14.2. The number of Topliss-reactive ketones (excluding diaryl/α,β-unsaturated/α-hetero) is 1. The van der Waals surface area contributed by atoms with Gasteiger partial charge in [0.25, 0.3) is 5.91 Å². The van der Waals surface area contributed by atoms with Gasteiger partial charge in [0, 0.05) is 29.9 Å². The molecule has 1 fully saturated rings. The Hall–Kier alpha value is -0.990. The monoisotopic (exact) mass is 326 g/mol. The van der Waals surface area contributed by atoms with E-state index in [1.807, 2.05) is 13.8 Å². The van der Waals surface area contributed by atoms with Gasteiger partial charge >= 0.3 is 0 Å². The molecule has 0 saturated carbocycles. The molecule has 0 N–H and O–H groups in total. The Morgan fingerprint density at radius 3 is 2.64 bits per heavy atom. The quantitative estimate of drug-likeness (QED) is 0.634. The third-order valence-electron chi connectivity index (χ3n) is 3.97. The Labute approximate surface area is 135 Å². The second-order valence-corrected chi connectivity index (χ2v) is 9.04. The summed E-state index contributed by atoms with van der Waals surface area (Å²) in [4.78, 5) is 29.3. The molecule has 0 radical (unpaired) electrons. The van der Waals surface area contributed by atoms with E-state index in [2.05, 4.69) is 27.1 Å². The van der Waals surface area contributed by atoms with E-state index >= 15 is 0 Å². The van der Waals surface area contributed by atoms with E-state index in [9.17, 15) is 9.59 Å². The number of allylic oxidation sites excluding steroid dienone is 1. The molecule has 2 unspecified atom stereocenters. The van der Waals surface area contributed by atoms with E-state index < -0.39 is 7.55 Å². The second kappa shape index (κ2) is 8.03. The lowest BCUT2D eigenvalue weighted by molar-refractivity contribution is -0.146. The van der Waals surface area contributed by atoms with Crippen molar-refractivity contribution in [3.63, 3.8) is 0 Å². The molecule has 0 spiro atoms. The SMILES string of the molecule is C=C1CCC(=O)N1OC=[P+](C)CC(C)(C)CC(=O)C(C)CC. The zero-order valence-corrected chi connectivity index (χ0v) is 15.4. The largest absolute Gasteiger partial charge is 0.299 e. The fourth-order valence-corrected chi connectivity index (χ4v) is 4.33. The van der Waals surface area contributed by atoms with Crippen molar-refractivity contribution in [2.24, 2.45) is 11.3 Å². The molecule has 1 rings (SSSR count). The molecule has 0 bridgehead atoms. The van der Waals surface area contributed by atoms with Gasteiger partial charge < -0.3 is 0 Å². The van der Waals surface area contributed by atoms with Crippen LogP contribution in [0.1, 0.15) is 53.4 Å². The van der Waals surface area contributed by atoms with E-state index in [0.29, 0.717) is 25.0 Å². The first-order valence-electron chi connectivity index (χ1n) is 7.90. The third kappa shape index (κ3) is 5.66. The first kappa shape index (κ1) is 19.1. The summed E-state index contributed by atoms with van der Waals surface area (Å²) >= 11 is 0. The van der Waals surface area contributed by atoms with Crippen LogP contribution < -0.4 is 0 Å². The summed E-state index contributed by atoms with van der Waals surface area (Å²) in [5.41, 5.74) is 0.670. The maximum Gasteiger partial charge on any atom is 0.251 e. The van der Waals surface area contributed by atoms with Crippen molar-refractivity contribution < 1.29 is 14.4 Å². The minimum Gasteiger partial charge on any atom is -0.299 e. The van der Waals surface area contributed by atoms with Crippen LogP contribution in [0.5, 0.6) is 0 Å². The summed E-state index contributed by atoms with van der Waals surface area (Å²) in [5, 5.41) is 1.30. The van der Waals surface area contributed by atoms with Crippen LogP contribution in [-0.2, 0) is 14.4 Å². The number of carbonyl (C=O) groups excluding carboxylic acids is 2. The van der Waals surface area contributed by atoms with Crippen LogP contribution >= 0.6 is 7.55 Å². The zero-order chi connectivity index (χ0) is 16.9. The van der Waals surface area contributed by atoms with Crippen LogP contribution in [0, 0.1) is 11.3 Å². The maximum atomic E-state index is 12.1. The molecule has 124 valence electrons. The van der Waals surface area contributed by atoms with Crippen LogP contribution in [0.2, 0.25) is 0 Å². The highest BCUT2D eigenvalue weighted by molar-refractivity contribution is 7.56. The molecule has 4 nitrogen and oxygen atoms in total. The van der Waals surface area contributed by atoms with Crippen LogP contribution in [0.4, 0.5) is 0 Å². The van der Waals surface area contributed by atoms with Crippen molar-refractivity contribution in [2.75, 3.05) is 12.8 Å². The van der Waals surface area contributed by atoms with E-state index in [0.717, 1.165) is 18.3 Å². The second-order valence-electron chi connectivity index (χ2n) is 7.00. The number of nitrogens with zero attached hydrogens (tertiary/aromatic N) is 1. The van der Waals surface area contributed by atoms with Crippen molar-refractivity contribution >= 4 is 25.2 Å². The minimum atomic E-state index is -0.511. The van der Waals surface area contributed by atoms with Crippen molar-refractivity contribution in [2.45, 2.75) is 53.4 Å². The molecule has 1 aliphatic rings. The molecule has 0 aromatic carbocycles. The predicted molar refractivity (Wildman–Crippen MR) is 92.9 cm³/mol. The zero-order valence-electron chi connectivity index (χ0n) is 14.5. The normalized spacial score (nSPS) is 18.0. The van der Waals surface area contributed by atoms with Gasteiger partial charge in [-0.2, -0.15) is 9.90 Å². The van der Waals surface area contributed by atoms with Crippen molar-refractivity contribution in [3.05, 3.63) is 12.3 Å². The van der Waals surface area contributed by atoms with Crippen LogP contribution in [0.3, 0.4) is 0 Å². The summed E-state index contributed by atoms with van der Waals surface area (Å²) in [5.74, 6) is 2.18. The molecule has 2 atom stereocenters. The molecule has 5 heteroatoms. The van der Waals surface area contributed by atoms with Gasteiger partial charge in [0.15, 0.2) is 0 Å². The Morgan fingerprint density at radius 1 is 1.50 bits per heavy atom. The standard InChI is InChI=1S/C17H29NO3P/c1-7-13(2)15(19)10-17(4,5)11-22(6)12-21-18-14(3)8-9-16(18)20/h12-13H,3,7-11H2,1-2,4-6H3/q+1. The molecule has 1 saturated heterocycles. The van der Waals surface area contributed by atoms with Gasteiger partial charge in [0.05, 0.1) is 6.66 Å². The van der Waals surface area contributed by atoms with Crippen LogP contribution in [-0.4, -0.2) is 35.6 Å². The lowest BCUT2D eigenvalue weighted by Crippen LogP contribution is -2.24. The molecule has 1 heterocycles. The topological polar surface area (TPSA) is 46.6 Å². The smallest absolute Gasteiger partial charge is 0.251 e. The van der Waals surface area contributed by atoms with Gasteiger partial charge in [-0.15, -0.1) is 0 Å². The molecule has 0 aromatic rings. The van der Waals surface area contributed by atoms with E-state index in [4.69, 9.17) is 4.84 Å². The molecular weight excluding hydrogens is 297 g/mol. The number of hydrogen-bond donors (Lipinski definition) is 0. The number of hydrogen-bond acceptors (Lipinski definition) is 3. The van der Waals surface area contributed by atoms with Gasteiger partial charge in [-0.05, 0) is 12.8 Å². The van der Waals surface area contributed by atoms with Gasteiger partial charge in [0.2, 0.25) is 5.98 Å². The van der Waals surface area contributed by atoms with Gasteiger partial charge in [-0.1, -0.05) is 34.3 Å². The van der Waals surface area contributed by atoms with E-state index in [1.165, 1.54) is 5.06 Å². The average Bonchev–Trinajstić information content (AvgIpc) is 2.73. The van der Waals surface area contributed by atoms with E-state index in [1.54, 1.807) is 5.98 Å². The van der Waals surface area contributed by atoms with Crippen molar-refractivity contribution in [1.29, 1.82) is 0 Å². The summed E-state index contributed by atoms with van der Waals surface area (Å²) in [6.07, 6.45) is 3.54. The Balaban J connectivity index is 2.56. The molecule has 0 aromatic heterocycles. The first-order chi connectivity index (χ1) is 10.2. The molecule has 1 amide bonds.